The molecule has 1 aliphatic rings. The molecule has 1 aliphatic heterocycles. The van der Waals surface area contributed by atoms with E-state index in [-0.39, 0.29) is 4.24 Å². The van der Waals surface area contributed by atoms with E-state index in [0.29, 0.717) is 11.9 Å². The minimum Gasteiger partial charge on any atom is -0.478 e. The summed E-state index contributed by atoms with van der Waals surface area (Å²) < 4.78 is 1.98. The van der Waals surface area contributed by atoms with Crippen molar-refractivity contribution >= 4 is 36.5 Å². The Kier molecular flexibility index (Phi) is 2.57. The van der Waals surface area contributed by atoms with Crippen LogP contribution in [0.1, 0.15) is 0 Å². The molecule has 0 saturated carbocycles. The van der Waals surface area contributed by atoms with Gasteiger partial charge in [-0.1, -0.05) is 0 Å². The predicted molar refractivity (Wildman–Crippen MR) is 47.0 cm³/mol. The quantitative estimate of drug-likeness (QED) is 0.309. The molecule has 0 fully saturated rings. The Hall–Kier alpha value is -0.700. The van der Waals surface area contributed by atoms with Gasteiger partial charge in [0.1, 0.15) is 5.57 Å². The molecule has 0 radical (unpaired) electrons. The number of carbonyl (C=O) groups is 2. The number of nitrogens with one attached hydrogen (secondary N) is 1. The Morgan fingerprint density at radius 2 is 2.00 bits per heavy atom. The van der Waals surface area contributed by atoms with Crippen LogP contribution < -0.4 is 4.72 Å². The van der Waals surface area contributed by atoms with Crippen molar-refractivity contribution in [1.29, 1.82) is 0 Å². The third kappa shape index (κ3) is 1.53. The Morgan fingerprint density at radius 3 is 2.31 bits per heavy atom. The zero-order valence-electron chi connectivity index (χ0n) is 6.01. The molecule has 0 aliphatic carbocycles. The van der Waals surface area contributed by atoms with Crippen LogP contribution in [-0.4, -0.2) is 33.0 Å². The van der Waals surface area contributed by atoms with Crippen LogP contribution in [0.2, 0.25) is 0 Å². The molecule has 0 amide bonds. The monoisotopic (exact) mass is 223 g/mol. The third-order valence-electron chi connectivity index (χ3n) is 1.39. The summed E-state index contributed by atoms with van der Waals surface area (Å²) in [6, 6.07) is 0. The topological polar surface area (TPSA) is 107 Å². The van der Waals surface area contributed by atoms with Crippen molar-refractivity contribution in [2.24, 2.45) is 0 Å². The van der Waals surface area contributed by atoms with E-state index in [1.165, 1.54) is 0 Å². The lowest BCUT2D eigenvalue weighted by Gasteiger charge is -2.17. The second kappa shape index (κ2) is 3.22. The van der Waals surface area contributed by atoms with Gasteiger partial charge in [-0.3, -0.25) is 0 Å². The van der Waals surface area contributed by atoms with E-state index in [0.717, 1.165) is 0 Å². The maximum Gasteiger partial charge on any atom is 0.357 e. The summed E-state index contributed by atoms with van der Waals surface area (Å²) in [4.78, 5) is 21.1. The van der Waals surface area contributed by atoms with E-state index in [9.17, 15) is 14.7 Å². The first kappa shape index (κ1) is 10.4. The molecule has 6 nitrogen and oxygen atoms in total. The summed E-state index contributed by atoms with van der Waals surface area (Å²) in [5.41, 5.74) is -3.23. The lowest BCUT2D eigenvalue weighted by Crippen LogP contribution is -2.49. The Morgan fingerprint density at radius 1 is 1.46 bits per heavy atom. The van der Waals surface area contributed by atoms with Crippen LogP contribution in [0.4, 0.5) is 0 Å². The number of hydrogen-bond donors (Lipinski definition) is 5. The Labute approximate surface area is 82.2 Å². The fraction of sp³-hybridized carbons (Fsp3) is 0.200. The number of rotatable bonds is 2. The van der Waals surface area contributed by atoms with Crippen molar-refractivity contribution in [3.63, 3.8) is 0 Å². The van der Waals surface area contributed by atoms with E-state index >= 15 is 0 Å². The highest BCUT2D eigenvalue weighted by Crippen LogP contribution is 2.36. The minimum absolute atomic E-state index is 0.0719. The average Bonchev–Trinajstić information content (AvgIpc) is 2.28. The standard InChI is InChI=1S/C5H5NO5S2/c7-2(8)1-3(12)13-6-5(1,11)4(9)10/h6,11-12H,(H,7,8)(H,9,10). The number of carboxylic acid groups (broad SMARTS) is 2. The SMILES string of the molecule is O=C(O)C1=C(S)SNC1(O)C(=O)O. The highest BCUT2D eigenvalue weighted by atomic mass is 32.2. The fourth-order valence-corrected chi connectivity index (χ4v) is 1.94. The first-order chi connectivity index (χ1) is 5.89. The van der Waals surface area contributed by atoms with Gasteiger partial charge in [-0.15, -0.1) is 12.6 Å². The van der Waals surface area contributed by atoms with Crippen LogP contribution in [0.15, 0.2) is 9.81 Å². The molecular formula is C5H5NO5S2. The molecular weight excluding hydrogens is 218 g/mol. The number of aliphatic hydroxyl groups is 1. The summed E-state index contributed by atoms with van der Waals surface area (Å²) >= 11 is 4.36. The molecule has 8 heteroatoms. The highest BCUT2D eigenvalue weighted by Gasteiger charge is 2.49. The van der Waals surface area contributed by atoms with E-state index < -0.39 is 23.2 Å². The number of aliphatic carboxylic acids is 2. The summed E-state index contributed by atoms with van der Waals surface area (Å²) in [5.74, 6) is -3.20. The van der Waals surface area contributed by atoms with Gasteiger partial charge in [0.05, 0.1) is 4.24 Å². The molecule has 72 valence electrons. The molecule has 0 spiro atoms. The van der Waals surface area contributed by atoms with Gasteiger partial charge in [0.2, 0.25) is 0 Å². The Balaban J connectivity index is 3.18. The molecule has 0 aromatic heterocycles. The lowest BCUT2D eigenvalue weighted by atomic mass is 10.1. The molecule has 0 aromatic carbocycles. The van der Waals surface area contributed by atoms with Crippen LogP contribution in [0.5, 0.6) is 0 Å². The molecule has 1 rings (SSSR count). The first-order valence-electron chi connectivity index (χ1n) is 2.96. The van der Waals surface area contributed by atoms with Crippen molar-refractivity contribution in [3.8, 4) is 0 Å². The minimum atomic E-state index is -2.56. The van der Waals surface area contributed by atoms with E-state index in [1.807, 2.05) is 0 Å². The molecule has 1 atom stereocenters. The molecule has 13 heavy (non-hydrogen) atoms. The molecule has 1 unspecified atom stereocenters. The molecule has 0 aromatic rings. The largest absolute Gasteiger partial charge is 0.478 e. The van der Waals surface area contributed by atoms with Gasteiger partial charge in [-0.2, -0.15) is 0 Å². The van der Waals surface area contributed by atoms with Crippen LogP contribution in [0.3, 0.4) is 0 Å². The lowest BCUT2D eigenvalue weighted by molar-refractivity contribution is -0.158. The van der Waals surface area contributed by atoms with Gasteiger partial charge in [0, 0.05) is 0 Å². The van der Waals surface area contributed by atoms with E-state index in [2.05, 4.69) is 17.4 Å². The molecule has 4 N–H and O–H groups in total. The maximum atomic E-state index is 10.5. The maximum absolute atomic E-state index is 10.5. The van der Waals surface area contributed by atoms with Gasteiger partial charge in [-0.25, -0.2) is 14.3 Å². The highest BCUT2D eigenvalue weighted by molar-refractivity contribution is 8.14. The third-order valence-corrected chi connectivity index (χ3v) is 2.69. The second-order valence-electron chi connectivity index (χ2n) is 2.20. The van der Waals surface area contributed by atoms with Crippen molar-refractivity contribution in [1.82, 2.24) is 4.72 Å². The van der Waals surface area contributed by atoms with Crippen molar-refractivity contribution in [2.45, 2.75) is 5.72 Å². The van der Waals surface area contributed by atoms with Gasteiger partial charge < -0.3 is 15.3 Å². The van der Waals surface area contributed by atoms with Crippen molar-refractivity contribution in [3.05, 3.63) is 9.81 Å². The van der Waals surface area contributed by atoms with Crippen LogP contribution >= 0.6 is 24.6 Å². The normalized spacial score (nSPS) is 27.8. The van der Waals surface area contributed by atoms with Crippen LogP contribution in [-0.2, 0) is 9.59 Å². The molecule has 1 heterocycles. The predicted octanol–water partition coefficient (Wildman–Crippen LogP) is -0.763. The fourth-order valence-electron chi connectivity index (χ4n) is 0.776. The summed E-state index contributed by atoms with van der Waals surface area (Å²) in [7, 11) is 0. The second-order valence-corrected chi connectivity index (χ2v) is 3.77. The average molecular weight is 223 g/mol. The zero-order valence-corrected chi connectivity index (χ0v) is 7.72. The Bertz CT molecular complexity index is 314. The molecule has 0 saturated heterocycles. The van der Waals surface area contributed by atoms with Crippen LogP contribution in [0, 0.1) is 0 Å². The van der Waals surface area contributed by atoms with Gasteiger partial charge in [0.25, 0.3) is 5.72 Å². The number of carboxylic acids is 2. The zero-order chi connectivity index (χ0) is 10.2. The van der Waals surface area contributed by atoms with E-state index in [1.54, 1.807) is 0 Å². The van der Waals surface area contributed by atoms with E-state index in [4.69, 9.17) is 10.2 Å². The van der Waals surface area contributed by atoms with Gasteiger partial charge in [0.15, 0.2) is 0 Å². The molecule has 0 bridgehead atoms. The number of hydrogen-bond acceptors (Lipinski definition) is 6. The van der Waals surface area contributed by atoms with Crippen molar-refractivity contribution < 1.29 is 24.9 Å². The summed E-state index contributed by atoms with van der Waals surface area (Å²) in [6.45, 7) is 0. The summed E-state index contributed by atoms with van der Waals surface area (Å²) in [5, 5.41) is 26.5. The summed E-state index contributed by atoms with van der Waals surface area (Å²) in [6.07, 6.45) is 0. The van der Waals surface area contributed by atoms with Gasteiger partial charge >= 0.3 is 11.9 Å². The first-order valence-corrected chi connectivity index (χ1v) is 4.22. The van der Waals surface area contributed by atoms with Gasteiger partial charge in [-0.05, 0) is 11.9 Å². The van der Waals surface area contributed by atoms with Crippen LogP contribution in [0.25, 0.3) is 0 Å². The number of thiol groups is 1. The smallest absolute Gasteiger partial charge is 0.357 e. The van der Waals surface area contributed by atoms with Crippen molar-refractivity contribution in [2.75, 3.05) is 0 Å².